The highest BCUT2D eigenvalue weighted by Crippen LogP contribution is 2.24. The molecule has 0 amide bonds. The lowest BCUT2D eigenvalue weighted by atomic mass is 10.1. The molecule has 2 nitrogen and oxygen atoms in total. The normalized spacial score (nSPS) is 29.1. The molecule has 1 rings (SSSR count). The fourth-order valence-corrected chi connectivity index (χ4v) is 3.75. The molecule has 0 aromatic carbocycles. The minimum atomic E-state index is -3.10. The molecule has 1 aliphatic rings. The fraction of sp³-hybridized carbons (Fsp3) is 0.600. The molecule has 0 spiro atoms. The summed E-state index contributed by atoms with van der Waals surface area (Å²) >= 11 is 0. The highest BCUT2D eigenvalue weighted by Gasteiger charge is 2.30. The Kier molecular flexibility index (Phi) is 2.96. The monoisotopic (exact) mass is 274 g/mol. The van der Waals surface area contributed by atoms with Gasteiger partial charge < -0.3 is 0 Å². The summed E-state index contributed by atoms with van der Waals surface area (Å²) in [6.07, 6.45) is 6.00. The van der Waals surface area contributed by atoms with E-state index in [4.69, 9.17) is 8.22 Å². The summed E-state index contributed by atoms with van der Waals surface area (Å²) in [5, 5.41) is -0.483. The maximum atomic E-state index is 11.9. The Bertz CT molecular complexity index is 634. The van der Waals surface area contributed by atoms with E-state index in [1.807, 2.05) is 13.0 Å². The van der Waals surface area contributed by atoms with Crippen molar-refractivity contribution in [2.24, 2.45) is 0 Å². The zero-order chi connectivity index (χ0) is 18.8. The third kappa shape index (κ3) is 4.45. The van der Waals surface area contributed by atoms with Crippen LogP contribution in [0, 0.1) is 0 Å². The summed E-state index contributed by atoms with van der Waals surface area (Å²) in [6.45, 7) is -1.63. The Labute approximate surface area is 120 Å². The topological polar surface area (TPSA) is 34.1 Å². The molecule has 1 aliphatic heterocycles. The quantitative estimate of drug-likeness (QED) is 0.714. The lowest BCUT2D eigenvalue weighted by Gasteiger charge is -2.09. The molecule has 0 bridgehead atoms. The Morgan fingerprint density at radius 1 is 1.50 bits per heavy atom. The summed E-state index contributed by atoms with van der Waals surface area (Å²) in [5.74, 6) is 0.0830. The number of hydrogen-bond donors (Lipinski definition) is 0. The molecule has 3 heteroatoms. The summed E-state index contributed by atoms with van der Waals surface area (Å²) < 4.78 is 67.6. The first-order chi connectivity index (χ1) is 10.7. The second kappa shape index (κ2) is 6.37. The van der Waals surface area contributed by atoms with Gasteiger partial charge in [-0.15, -0.1) is 0 Å². The molecule has 0 saturated carbocycles. The van der Waals surface area contributed by atoms with Gasteiger partial charge in [-0.05, 0) is 46.8 Å². The molecule has 18 heavy (non-hydrogen) atoms. The number of sulfone groups is 1. The van der Waals surface area contributed by atoms with Crippen molar-refractivity contribution in [2.45, 2.75) is 52.1 Å². The van der Waals surface area contributed by atoms with Crippen LogP contribution < -0.4 is 0 Å². The van der Waals surface area contributed by atoms with Crippen LogP contribution >= 0.6 is 0 Å². The predicted molar refractivity (Wildman–Crippen MR) is 78.4 cm³/mol. The summed E-state index contributed by atoms with van der Waals surface area (Å²) in [4.78, 5) is 0. The van der Waals surface area contributed by atoms with Crippen molar-refractivity contribution in [3.8, 4) is 0 Å². The third-order valence-electron chi connectivity index (χ3n) is 3.15. The number of allylic oxidation sites excluding steroid dienone is 4. The highest BCUT2D eigenvalue weighted by molar-refractivity contribution is 7.92. The van der Waals surface area contributed by atoms with E-state index >= 15 is 0 Å². The lowest BCUT2D eigenvalue weighted by Crippen LogP contribution is -2.18. The third-order valence-corrected chi connectivity index (χ3v) is 5.21. The second-order valence-electron chi connectivity index (χ2n) is 4.71. The van der Waals surface area contributed by atoms with E-state index in [1.165, 1.54) is 6.08 Å². The number of hydrogen-bond acceptors (Lipinski definition) is 2. The number of rotatable bonds is 5. The molecule has 0 aliphatic carbocycles. The molecule has 0 aromatic rings. The van der Waals surface area contributed by atoms with Crippen LogP contribution in [0.5, 0.6) is 0 Å². The molecule has 1 unspecified atom stereocenters. The van der Waals surface area contributed by atoms with Gasteiger partial charge in [0.25, 0.3) is 0 Å². The maximum absolute atomic E-state index is 11.9. The van der Waals surface area contributed by atoms with E-state index in [1.54, 1.807) is 13.0 Å². The van der Waals surface area contributed by atoms with Gasteiger partial charge in [0, 0.05) is 8.22 Å². The Morgan fingerprint density at radius 3 is 2.78 bits per heavy atom. The van der Waals surface area contributed by atoms with Gasteiger partial charge in [-0.1, -0.05) is 34.9 Å². The maximum Gasteiger partial charge on any atom is 0.160 e. The van der Waals surface area contributed by atoms with Gasteiger partial charge in [0.05, 0.1) is 11.0 Å². The first kappa shape index (κ1) is 8.36. The van der Waals surface area contributed by atoms with Gasteiger partial charge >= 0.3 is 0 Å². The molecule has 0 saturated heterocycles. The van der Waals surface area contributed by atoms with Gasteiger partial charge in [-0.2, -0.15) is 0 Å². The van der Waals surface area contributed by atoms with Crippen molar-refractivity contribution in [1.29, 1.82) is 0 Å². The van der Waals surface area contributed by atoms with E-state index < -0.39 is 34.4 Å². The smallest absolute Gasteiger partial charge is 0.160 e. The Morgan fingerprint density at radius 2 is 2.22 bits per heavy atom. The van der Waals surface area contributed by atoms with Gasteiger partial charge in [-0.3, -0.25) is 0 Å². The van der Waals surface area contributed by atoms with Gasteiger partial charge in [0.1, 0.15) is 0 Å². The van der Waals surface area contributed by atoms with Crippen LogP contribution in [0.4, 0.5) is 0 Å². The van der Waals surface area contributed by atoms with Crippen LogP contribution in [0.25, 0.3) is 0 Å². The minimum Gasteiger partial charge on any atom is -0.228 e. The molecule has 0 fully saturated rings. The van der Waals surface area contributed by atoms with Crippen LogP contribution in [0.1, 0.15) is 55.0 Å². The average molecular weight is 274 g/mol. The predicted octanol–water partition coefficient (Wildman–Crippen LogP) is 3.81. The average Bonchev–Trinajstić information content (AvgIpc) is 2.63. The lowest BCUT2D eigenvalue weighted by molar-refractivity contribution is 0.592. The van der Waals surface area contributed by atoms with Crippen molar-refractivity contribution < 1.29 is 16.6 Å². The van der Waals surface area contributed by atoms with Crippen molar-refractivity contribution >= 4 is 9.84 Å². The molecular formula is C15H24O2S. The van der Waals surface area contributed by atoms with Crippen molar-refractivity contribution in [1.82, 2.24) is 0 Å². The van der Waals surface area contributed by atoms with Crippen LogP contribution in [0.15, 0.2) is 34.9 Å². The molecule has 0 N–H and O–H groups in total. The molecule has 1 heterocycles. The molecule has 1 atom stereocenters. The van der Waals surface area contributed by atoms with Gasteiger partial charge in [0.2, 0.25) is 0 Å². The summed E-state index contributed by atoms with van der Waals surface area (Å²) in [6, 6.07) is 0. The van der Waals surface area contributed by atoms with E-state index in [0.29, 0.717) is 19.3 Å². The van der Waals surface area contributed by atoms with E-state index in [-0.39, 0.29) is 5.75 Å². The van der Waals surface area contributed by atoms with Crippen molar-refractivity contribution in [3.63, 3.8) is 0 Å². The largest absolute Gasteiger partial charge is 0.228 e. The SMILES string of the molecule is [2H]C([2H])([2H])C(=CCC/C(C)=C/CC1C(C)=CCS1(=O)=O)C([2H])([2H])[2H]. The first-order valence-electron chi connectivity index (χ1n) is 9.00. The first-order valence-corrected chi connectivity index (χ1v) is 7.71. The van der Waals surface area contributed by atoms with Crippen molar-refractivity contribution in [2.75, 3.05) is 5.75 Å². The zero-order valence-electron chi connectivity index (χ0n) is 16.9. The standard InChI is InChI=1S/C15H24O2S/c1-12(2)6-5-7-13(3)8-9-15-14(4)10-11-18(15,16)17/h6,8,10,15H,5,7,9,11H2,1-4H3/b13-8+/i1D3,2D3. The highest BCUT2D eigenvalue weighted by atomic mass is 32.2. The zero-order valence-corrected chi connectivity index (χ0v) is 11.7. The molecule has 0 radical (unpaired) electrons. The van der Waals surface area contributed by atoms with Crippen molar-refractivity contribution in [3.05, 3.63) is 34.9 Å². The fourth-order valence-electron chi connectivity index (χ4n) is 1.97. The van der Waals surface area contributed by atoms with Gasteiger partial charge in [0.15, 0.2) is 9.84 Å². The summed E-state index contributed by atoms with van der Waals surface area (Å²) in [7, 11) is -3.10. The van der Waals surface area contributed by atoms with E-state index in [2.05, 4.69) is 0 Å². The Balaban J connectivity index is 2.70. The van der Waals surface area contributed by atoms with E-state index in [9.17, 15) is 8.42 Å². The molecule has 0 aromatic heterocycles. The van der Waals surface area contributed by atoms with Gasteiger partial charge in [-0.25, -0.2) is 8.42 Å². The second-order valence-corrected chi connectivity index (χ2v) is 6.94. The van der Waals surface area contributed by atoms with Crippen LogP contribution in [-0.4, -0.2) is 19.4 Å². The molecular weight excluding hydrogens is 244 g/mol. The van der Waals surface area contributed by atoms with Crippen LogP contribution in [-0.2, 0) is 9.84 Å². The van der Waals surface area contributed by atoms with Crippen LogP contribution in [0.2, 0.25) is 0 Å². The molecule has 102 valence electrons. The van der Waals surface area contributed by atoms with Crippen LogP contribution in [0.3, 0.4) is 0 Å². The Hall–Kier alpha value is -0.830. The summed E-state index contributed by atoms with van der Waals surface area (Å²) in [5.41, 5.74) is 1.25. The van der Waals surface area contributed by atoms with E-state index in [0.717, 1.165) is 11.1 Å². The minimum absolute atomic E-state index is 0.0830.